The fraction of sp³-hybridized carbons (Fsp3) is 0.588. The molecule has 0 saturated heterocycles. The lowest BCUT2D eigenvalue weighted by molar-refractivity contribution is -0.143. The third-order valence-electron chi connectivity index (χ3n) is 3.08. The minimum absolute atomic E-state index is 0.108. The normalized spacial score (nSPS) is 12.0. The molecule has 0 radical (unpaired) electrons. The van der Waals surface area contributed by atoms with Crippen LogP contribution in [0.5, 0.6) is 5.75 Å². The van der Waals surface area contributed by atoms with E-state index < -0.39 is 0 Å². The van der Waals surface area contributed by atoms with Crippen molar-refractivity contribution in [2.24, 2.45) is 5.73 Å². The average molecular weight is 293 g/mol. The second kappa shape index (κ2) is 10.2. The average Bonchev–Trinajstić information content (AvgIpc) is 2.44. The molecule has 21 heavy (non-hydrogen) atoms. The molecule has 0 aliphatic heterocycles. The van der Waals surface area contributed by atoms with Gasteiger partial charge in [0, 0.05) is 12.5 Å². The van der Waals surface area contributed by atoms with E-state index in [1.165, 1.54) is 5.56 Å². The molecule has 1 rings (SSSR count). The topological polar surface area (TPSA) is 61.5 Å². The molecule has 0 fully saturated rings. The highest BCUT2D eigenvalue weighted by Crippen LogP contribution is 2.14. The van der Waals surface area contributed by atoms with Gasteiger partial charge in [0.05, 0.1) is 13.2 Å². The highest BCUT2D eigenvalue weighted by atomic mass is 16.5. The van der Waals surface area contributed by atoms with Crippen LogP contribution in [0.4, 0.5) is 0 Å². The van der Waals surface area contributed by atoms with Crippen LogP contribution in [0.1, 0.15) is 45.1 Å². The van der Waals surface area contributed by atoms with E-state index in [1.54, 1.807) is 0 Å². The maximum absolute atomic E-state index is 11.1. The third-order valence-corrected chi connectivity index (χ3v) is 3.08. The molecule has 0 amide bonds. The van der Waals surface area contributed by atoms with Crippen molar-refractivity contribution in [2.75, 3.05) is 13.2 Å². The Balaban J connectivity index is 2.11. The first kappa shape index (κ1) is 17.5. The second-order valence-electron chi connectivity index (χ2n) is 5.29. The molecule has 0 aliphatic rings. The molecule has 2 N–H and O–H groups in total. The van der Waals surface area contributed by atoms with Gasteiger partial charge in [0.15, 0.2) is 0 Å². The first-order valence-electron chi connectivity index (χ1n) is 7.74. The fourth-order valence-corrected chi connectivity index (χ4v) is 2.06. The molecular formula is C17H27NO3. The molecule has 1 atom stereocenters. The van der Waals surface area contributed by atoms with Gasteiger partial charge in [-0.3, -0.25) is 4.79 Å². The Morgan fingerprint density at radius 2 is 1.90 bits per heavy atom. The van der Waals surface area contributed by atoms with Crippen LogP contribution < -0.4 is 10.5 Å². The number of nitrogens with two attached hydrogens (primary N) is 1. The minimum Gasteiger partial charge on any atom is -0.494 e. The van der Waals surface area contributed by atoms with Crippen LogP contribution in [0.3, 0.4) is 0 Å². The van der Waals surface area contributed by atoms with Gasteiger partial charge in [0.25, 0.3) is 0 Å². The van der Waals surface area contributed by atoms with Gasteiger partial charge in [-0.15, -0.1) is 0 Å². The predicted octanol–water partition coefficient (Wildman–Crippen LogP) is 3.08. The van der Waals surface area contributed by atoms with Gasteiger partial charge in [0.1, 0.15) is 5.75 Å². The second-order valence-corrected chi connectivity index (χ2v) is 5.29. The Hall–Kier alpha value is -1.55. The summed E-state index contributed by atoms with van der Waals surface area (Å²) in [7, 11) is 0. The van der Waals surface area contributed by atoms with Crippen molar-refractivity contribution < 1.29 is 14.3 Å². The van der Waals surface area contributed by atoms with E-state index in [-0.39, 0.29) is 12.0 Å². The fourth-order valence-electron chi connectivity index (χ4n) is 2.06. The number of benzene rings is 1. The van der Waals surface area contributed by atoms with Crippen molar-refractivity contribution in [1.29, 1.82) is 0 Å². The van der Waals surface area contributed by atoms with Gasteiger partial charge in [-0.1, -0.05) is 12.1 Å². The van der Waals surface area contributed by atoms with Crippen LogP contribution in [0.25, 0.3) is 0 Å². The van der Waals surface area contributed by atoms with E-state index in [0.717, 1.165) is 31.4 Å². The summed E-state index contributed by atoms with van der Waals surface area (Å²) in [5.74, 6) is 0.775. The summed E-state index contributed by atoms with van der Waals surface area (Å²) in [5, 5.41) is 0. The molecule has 1 aromatic rings. The number of rotatable bonds is 10. The monoisotopic (exact) mass is 293 g/mol. The first-order valence-corrected chi connectivity index (χ1v) is 7.74. The van der Waals surface area contributed by atoms with Gasteiger partial charge < -0.3 is 15.2 Å². The number of esters is 1. The number of hydrogen-bond donors (Lipinski definition) is 1. The van der Waals surface area contributed by atoms with Crippen molar-refractivity contribution in [2.45, 2.75) is 52.0 Å². The van der Waals surface area contributed by atoms with Gasteiger partial charge >= 0.3 is 5.97 Å². The number of ether oxygens (including phenoxy) is 2. The van der Waals surface area contributed by atoms with Crippen LogP contribution in [-0.2, 0) is 16.0 Å². The lowest BCUT2D eigenvalue weighted by Gasteiger charge is -2.08. The van der Waals surface area contributed by atoms with E-state index in [1.807, 2.05) is 26.0 Å². The first-order chi connectivity index (χ1) is 10.1. The molecular weight excluding hydrogens is 266 g/mol. The van der Waals surface area contributed by atoms with Crippen LogP contribution in [0.2, 0.25) is 0 Å². The molecule has 0 heterocycles. The quantitative estimate of drug-likeness (QED) is 0.532. The lowest BCUT2D eigenvalue weighted by Crippen LogP contribution is -2.17. The van der Waals surface area contributed by atoms with E-state index in [4.69, 9.17) is 15.2 Å². The molecule has 1 unspecified atom stereocenters. The smallest absolute Gasteiger partial charge is 0.305 e. The zero-order chi connectivity index (χ0) is 15.5. The van der Waals surface area contributed by atoms with E-state index in [2.05, 4.69) is 12.1 Å². The van der Waals surface area contributed by atoms with Crippen molar-refractivity contribution in [1.82, 2.24) is 0 Å². The lowest BCUT2D eigenvalue weighted by atomic mass is 10.1. The van der Waals surface area contributed by atoms with Crippen molar-refractivity contribution in [3.8, 4) is 5.75 Å². The number of carbonyl (C=O) groups is 1. The molecule has 1 aromatic carbocycles. The highest BCUT2D eigenvalue weighted by Gasteiger charge is 2.01. The SMILES string of the molecule is CCOC(=O)CCCCCOc1ccc(CC(C)N)cc1. The summed E-state index contributed by atoms with van der Waals surface area (Å²) in [5.41, 5.74) is 6.99. The van der Waals surface area contributed by atoms with Gasteiger partial charge in [-0.05, 0) is 57.2 Å². The summed E-state index contributed by atoms with van der Waals surface area (Å²) in [6.45, 7) is 4.96. The van der Waals surface area contributed by atoms with Gasteiger partial charge in [-0.2, -0.15) is 0 Å². The van der Waals surface area contributed by atoms with Crippen LogP contribution in [0, 0.1) is 0 Å². The summed E-state index contributed by atoms with van der Waals surface area (Å²) < 4.78 is 10.6. The molecule has 118 valence electrons. The Morgan fingerprint density at radius 3 is 2.52 bits per heavy atom. The maximum Gasteiger partial charge on any atom is 0.305 e. The molecule has 0 aromatic heterocycles. The maximum atomic E-state index is 11.1. The summed E-state index contributed by atoms with van der Waals surface area (Å²) in [4.78, 5) is 11.1. The number of hydrogen-bond acceptors (Lipinski definition) is 4. The molecule has 4 nitrogen and oxygen atoms in total. The van der Waals surface area contributed by atoms with Crippen LogP contribution in [-0.4, -0.2) is 25.2 Å². The van der Waals surface area contributed by atoms with Crippen molar-refractivity contribution in [3.63, 3.8) is 0 Å². The van der Waals surface area contributed by atoms with E-state index in [9.17, 15) is 4.79 Å². The zero-order valence-corrected chi connectivity index (χ0v) is 13.1. The largest absolute Gasteiger partial charge is 0.494 e. The molecule has 0 spiro atoms. The molecule has 0 aliphatic carbocycles. The zero-order valence-electron chi connectivity index (χ0n) is 13.1. The molecule has 0 saturated carbocycles. The molecule has 0 bridgehead atoms. The summed E-state index contributed by atoms with van der Waals surface area (Å²) >= 11 is 0. The number of carbonyl (C=O) groups excluding carboxylic acids is 1. The Morgan fingerprint density at radius 1 is 1.19 bits per heavy atom. The predicted molar refractivity (Wildman–Crippen MR) is 84.4 cm³/mol. The van der Waals surface area contributed by atoms with Crippen LogP contribution >= 0.6 is 0 Å². The van der Waals surface area contributed by atoms with E-state index in [0.29, 0.717) is 19.6 Å². The Labute approximate surface area is 127 Å². The summed E-state index contributed by atoms with van der Waals surface area (Å²) in [6, 6.07) is 8.25. The Kier molecular flexibility index (Phi) is 8.51. The van der Waals surface area contributed by atoms with E-state index >= 15 is 0 Å². The minimum atomic E-state index is -0.108. The molecule has 4 heteroatoms. The van der Waals surface area contributed by atoms with Gasteiger partial charge in [-0.25, -0.2) is 0 Å². The van der Waals surface area contributed by atoms with Crippen molar-refractivity contribution >= 4 is 5.97 Å². The third kappa shape index (κ3) is 8.35. The summed E-state index contributed by atoms with van der Waals surface area (Å²) in [6.07, 6.45) is 4.16. The number of unbranched alkanes of at least 4 members (excludes halogenated alkanes) is 2. The van der Waals surface area contributed by atoms with Gasteiger partial charge in [0.2, 0.25) is 0 Å². The Bertz CT molecular complexity index is 401. The highest BCUT2D eigenvalue weighted by molar-refractivity contribution is 5.69. The van der Waals surface area contributed by atoms with Crippen LogP contribution in [0.15, 0.2) is 24.3 Å². The van der Waals surface area contributed by atoms with Crippen molar-refractivity contribution in [3.05, 3.63) is 29.8 Å². The standard InChI is InChI=1S/C17H27NO3/c1-3-20-17(19)7-5-4-6-12-21-16-10-8-15(9-11-16)13-14(2)18/h8-11,14H,3-7,12-13,18H2,1-2H3.